The van der Waals surface area contributed by atoms with Crippen LogP contribution in [-0.4, -0.2) is 22.3 Å². The van der Waals surface area contributed by atoms with E-state index in [0.717, 1.165) is 32.1 Å². The topological polar surface area (TPSA) is 57.5 Å². The molecule has 2 N–H and O–H groups in total. The number of hydrogen-bond acceptors (Lipinski definition) is 2. The summed E-state index contributed by atoms with van der Waals surface area (Å²) in [5.41, 5.74) is 1.65. The summed E-state index contributed by atoms with van der Waals surface area (Å²) in [6.07, 6.45) is 7.48. The Balaban J connectivity index is 2.17. The molecule has 5 atom stereocenters. The average Bonchev–Trinajstić information content (AvgIpc) is 2.42. The molecule has 2 rings (SSSR count). The maximum Gasteiger partial charge on any atom is 0.303 e. The number of aliphatic hydroxyl groups is 1. The van der Waals surface area contributed by atoms with Crippen molar-refractivity contribution in [2.45, 2.75) is 79.2 Å². The Morgan fingerprint density at radius 2 is 2.04 bits per heavy atom. The van der Waals surface area contributed by atoms with Gasteiger partial charge in [-0.15, -0.1) is 0 Å². The van der Waals surface area contributed by atoms with Crippen molar-refractivity contribution in [1.29, 1.82) is 0 Å². The second kappa shape index (κ2) is 6.58. The van der Waals surface area contributed by atoms with Crippen LogP contribution in [0.25, 0.3) is 0 Å². The lowest BCUT2D eigenvalue weighted by Gasteiger charge is -2.58. The maximum absolute atomic E-state index is 10.9. The quantitative estimate of drug-likeness (QED) is 0.725. The molecule has 0 bridgehead atoms. The van der Waals surface area contributed by atoms with E-state index in [2.05, 4.69) is 33.8 Å². The molecular weight excluding hydrogens is 288 g/mol. The molecule has 0 aromatic heterocycles. The van der Waals surface area contributed by atoms with Gasteiger partial charge in [0.05, 0.1) is 6.10 Å². The number of aliphatic hydroxyl groups excluding tert-OH is 1. The van der Waals surface area contributed by atoms with E-state index < -0.39 is 5.97 Å². The highest BCUT2D eigenvalue weighted by Crippen LogP contribution is 2.60. The number of allylic oxidation sites excluding steroid dienone is 2. The fraction of sp³-hybridized carbons (Fsp3) is 0.850. The molecule has 132 valence electrons. The molecule has 0 aromatic rings. The highest BCUT2D eigenvalue weighted by atomic mass is 16.4. The van der Waals surface area contributed by atoms with E-state index in [1.54, 1.807) is 0 Å². The smallest absolute Gasteiger partial charge is 0.303 e. The summed E-state index contributed by atoms with van der Waals surface area (Å²) in [5, 5.41) is 19.4. The molecule has 0 heterocycles. The van der Waals surface area contributed by atoms with Crippen molar-refractivity contribution in [3.05, 3.63) is 11.6 Å². The van der Waals surface area contributed by atoms with E-state index in [9.17, 15) is 9.90 Å². The van der Waals surface area contributed by atoms with Gasteiger partial charge in [-0.25, -0.2) is 0 Å². The van der Waals surface area contributed by atoms with Gasteiger partial charge in [0.15, 0.2) is 0 Å². The number of hydrogen-bond donors (Lipinski definition) is 2. The van der Waals surface area contributed by atoms with Crippen LogP contribution in [-0.2, 0) is 4.79 Å². The third kappa shape index (κ3) is 3.50. The van der Waals surface area contributed by atoms with E-state index in [-0.39, 0.29) is 29.3 Å². The molecule has 2 aliphatic carbocycles. The van der Waals surface area contributed by atoms with Crippen molar-refractivity contribution in [2.75, 3.05) is 0 Å². The standard InChI is InChI=1S/C20H34O3/c1-13(12-18(22)23)6-8-15-14(2)7-9-16-19(3,4)17(21)10-11-20(15,16)5/h7,13,15-17,21H,6,8-12H2,1-5H3,(H,22,23)/t13?,15-,16-,17-,20+/m1/s1. The SMILES string of the molecule is CC1=CC[C@@H]2C(C)(C)[C@H](O)CC[C@@]2(C)[C@@H]1CCC(C)CC(=O)O. The summed E-state index contributed by atoms with van der Waals surface area (Å²) in [4.78, 5) is 10.9. The normalized spacial score (nSPS) is 37.7. The van der Waals surface area contributed by atoms with Gasteiger partial charge in [-0.05, 0) is 67.6 Å². The lowest BCUT2D eigenvalue weighted by atomic mass is 9.47. The number of fused-ring (bicyclic) bond motifs is 1. The average molecular weight is 322 g/mol. The van der Waals surface area contributed by atoms with Crippen LogP contribution in [0.1, 0.15) is 73.1 Å². The van der Waals surface area contributed by atoms with E-state index in [0.29, 0.717) is 11.8 Å². The van der Waals surface area contributed by atoms with Gasteiger partial charge < -0.3 is 10.2 Å². The van der Waals surface area contributed by atoms with Gasteiger partial charge in [-0.3, -0.25) is 4.79 Å². The van der Waals surface area contributed by atoms with Gasteiger partial charge in [-0.1, -0.05) is 39.3 Å². The predicted octanol–water partition coefficient (Wildman–Crippen LogP) is 4.65. The van der Waals surface area contributed by atoms with E-state index in [4.69, 9.17) is 5.11 Å². The van der Waals surface area contributed by atoms with E-state index in [1.165, 1.54) is 5.57 Å². The summed E-state index contributed by atoms with van der Waals surface area (Å²) in [6, 6.07) is 0. The number of carbonyl (C=O) groups is 1. The molecule has 0 amide bonds. The number of carboxylic acids is 1. The molecule has 1 unspecified atom stereocenters. The third-order valence-corrected chi connectivity index (χ3v) is 7.00. The first-order valence-electron chi connectivity index (χ1n) is 9.15. The second-order valence-corrected chi connectivity index (χ2v) is 8.95. The molecule has 1 fully saturated rings. The highest BCUT2D eigenvalue weighted by molar-refractivity contribution is 5.66. The minimum atomic E-state index is -0.695. The van der Waals surface area contributed by atoms with Crippen LogP contribution in [0.5, 0.6) is 0 Å². The van der Waals surface area contributed by atoms with Crippen LogP contribution >= 0.6 is 0 Å². The molecule has 2 aliphatic rings. The first-order valence-corrected chi connectivity index (χ1v) is 9.15. The monoisotopic (exact) mass is 322 g/mol. The zero-order valence-corrected chi connectivity index (χ0v) is 15.4. The molecule has 3 heteroatoms. The summed E-state index contributed by atoms with van der Waals surface area (Å²) in [7, 11) is 0. The minimum Gasteiger partial charge on any atom is -0.481 e. The Kier molecular flexibility index (Phi) is 5.30. The number of rotatable bonds is 5. The third-order valence-electron chi connectivity index (χ3n) is 7.00. The second-order valence-electron chi connectivity index (χ2n) is 8.95. The summed E-state index contributed by atoms with van der Waals surface area (Å²) < 4.78 is 0. The van der Waals surface area contributed by atoms with Gasteiger partial charge in [0.2, 0.25) is 0 Å². The van der Waals surface area contributed by atoms with Crippen LogP contribution in [0.4, 0.5) is 0 Å². The largest absolute Gasteiger partial charge is 0.481 e. The van der Waals surface area contributed by atoms with E-state index >= 15 is 0 Å². The van der Waals surface area contributed by atoms with Gasteiger partial charge in [0.25, 0.3) is 0 Å². The summed E-state index contributed by atoms with van der Waals surface area (Å²) in [5.74, 6) is 0.553. The molecule has 0 radical (unpaired) electrons. The molecule has 0 aromatic carbocycles. The van der Waals surface area contributed by atoms with Gasteiger partial charge >= 0.3 is 5.97 Å². The Morgan fingerprint density at radius 3 is 2.65 bits per heavy atom. The molecule has 0 aliphatic heterocycles. The van der Waals surface area contributed by atoms with Gasteiger partial charge in [-0.2, -0.15) is 0 Å². The van der Waals surface area contributed by atoms with Crippen molar-refractivity contribution in [3.8, 4) is 0 Å². The Morgan fingerprint density at radius 1 is 1.39 bits per heavy atom. The first-order chi connectivity index (χ1) is 10.6. The van der Waals surface area contributed by atoms with Crippen molar-refractivity contribution < 1.29 is 15.0 Å². The van der Waals surface area contributed by atoms with Crippen LogP contribution in [0.15, 0.2) is 11.6 Å². The lowest BCUT2D eigenvalue weighted by Crippen LogP contribution is -2.54. The Labute approximate surface area is 141 Å². The molecule has 0 saturated heterocycles. The zero-order chi connectivity index (χ0) is 17.4. The first kappa shape index (κ1) is 18.5. The van der Waals surface area contributed by atoms with E-state index in [1.807, 2.05) is 6.92 Å². The minimum absolute atomic E-state index is 0.0465. The summed E-state index contributed by atoms with van der Waals surface area (Å²) >= 11 is 0. The fourth-order valence-electron chi connectivity index (χ4n) is 5.44. The van der Waals surface area contributed by atoms with Gasteiger partial charge in [0, 0.05) is 6.42 Å². The molecule has 0 spiro atoms. The van der Waals surface area contributed by atoms with Crippen LogP contribution < -0.4 is 0 Å². The lowest BCUT2D eigenvalue weighted by molar-refractivity contribution is -0.138. The van der Waals surface area contributed by atoms with Crippen molar-refractivity contribution in [2.24, 2.45) is 28.6 Å². The predicted molar refractivity (Wildman–Crippen MR) is 93.1 cm³/mol. The van der Waals surface area contributed by atoms with Crippen LogP contribution in [0.3, 0.4) is 0 Å². The molecular formula is C20H34O3. The number of carboxylic acid groups (broad SMARTS) is 1. The Bertz CT molecular complexity index is 479. The molecule has 3 nitrogen and oxygen atoms in total. The van der Waals surface area contributed by atoms with Crippen molar-refractivity contribution in [1.82, 2.24) is 0 Å². The van der Waals surface area contributed by atoms with Gasteiger partial charge in [0.1, 0.15) is 0 Å². The van der Waals surface area contributed by atoms with Crippen LogP contribution in [0.2, 0.25) is 0 Å². The molecule has 1 saturated carbocycles. The fourth-order valence-corrected chi connectivity index (χ4v) is 5.44. The molecule has 23 heavy (non-hydrogen) atoms. The summed E-state index contributed by atoms with van der Waals surface area (Å²) in [6.45, 7) is 11.1. The maximum atomic E-state index is 10.9. The van der Waals surface area contributed by atoms with Crippen molar-refractivity contribution in [3.63, 3.8) is 0 Å². The van der Waals surface area contributed by atoms with Crippen molar-refractivity contribution >= 4 is 5.97 Å². The van der Waals surface area contributed by atoms with Crippen LogP contribution in [0, 0.1) is 28.6 Å². The Hall–Kier alpha value is -0.830. The highest BCUT2D eigenvalue weighted by Gasteiger charge is 2.54. The zero-order valence-electron chi connectivity index (χ0n) is 15.4. The number of aliphatic carboxylic acids is 1.